The fraction of sp³-hybridized carbons (Fsp3) is 0.125. The summed E-state index contributed by atoms with van der Waals surface area (Å²) in [6, 6.07) is 12.4. The molecule has 2 aromatic rings. The number of ether oxygens (including phenoxy) is 1. The summed E-state index contributed by atoms with van der Waals surface area (Å²) in [6.45, 7) is -3.18. The standard InChI is InChI=1S/C16H13ClF2N2O3/c17-12-3-1-11(2-4-12)9-20-23-10-15(22)21-13-5-7-14(8-6-13)24-16(18)19/h1-9,16H,10H2,(H,21,22)/b20-9+. The van der Waals surface area contributed by atoms with Gasteiger partial charge in [0.25, 0.3) is 5.91 Å². The molecule has 126 valence electrons. The maximum Gasteiger partial charge on any atom is 0.387 e. The Morgan fingerprint density at radius 1 is 1.17 bits per heavy atom. The van der Waals surface area contributed by atoms with Crippen molar-refractivity contribution in [1.82, 2.24) is 0 Å². The largest absolute Gasteiger partial charge is 0.435 e. The summed E-state index contributed by atoms with van der Waals surface area (Å²) < 4.78 is 28.2. The predicted molar refractivity (Wildman–Crippen MR) is 86.7 cm³/mol. The smallest absolute Gasteiger partial charge is 0.387 e. The average molecular weight is 355 g/mol. The minimum Gasteiger partial charge on any atom is -0.435 e. The number of alkyl halides is 2. The summed E-state index contributed by atoms with van der Waals surface area (Å²) >= 11 is 5.75. The van der Waals surface area contributed by atoms with Crippen LogP contribution in [-0.2, 0) is 9.63 Å². The zero-order chi connectivity index (χ0) is 17.4. The molecule has 0 unspecified atom stereocenters. The molecular weight excluding hydrogens is 342 g/mol. The Morgan fingerprint density at radius 3 is 2.46 bits per heavy atom. The molecule has 8 heteroatoms. The van der Waals surface area contributed by atoms with Crippen LogP contribution in [0.3, 0.4) is 0 Å². The molecule has 0 saturated carbocycles. The van der Waals surface area contributed by atoms with Gasteiger partial charge in [0.2, 0.25) is 0 Å². The van der Waals surface area contributed by atoms with Gasteiger partial charge in [-0.2, -0.15) is 8.78 Å². The minimum atomic E-state index is -2.89. The van der Waals surface area contributed by atoms with E-state index in [2.05, 4.69) is 15.2 Å². The molecule has 24 heavy (non-hydrogen) atoms. The average Bonchev–Trinajstić information content (AvgIpc) is 2.55. The number of rotatable bonds is 7. The Morgan fingerprint density at radius 2 is 1.83 bits per heavy atom. The van der Waals surface area contributed by atoms with E-state index in [0.29, 0.717) is 10.7 Å². The lowest BCUT2D eigenvalue weighted by atomic mass is 10.2. The maximum atomic E-state index is 12.0. The van der Waals surface area contributed by atoms with Gasteiger partial charge < -0.3 is 14.9 Å². The van der Waals surface area contributed by atoms with E-state index in [9.17, 15) is 13.6 Å². The van der Waals surface area contributed by atoms with Crippen LogP contribution in [0.4, 0.5) is 14.5 Å². The Labute approximate surface area is 141 Å². The molecular formula is C16H13ClF2N2O3. The molecule has 0 saturated heterocycles. The Balaban J connectivity index is 1.75. The van der Waals surface area contributed by atoms with Crippen LogP contribution >= 0.6 is 11.6 Å². The molecule has 1 amide bonds. The fourth-order valence-corrected chi connectivity index (χ4v) is 1.79. The molecule has 0 heterocycles. The molecule has 0 aliphatic rings. The van der Waals surface area contributed by atoms with Crippen LogP contribution in [0.2, 0.25) is 5.02 Å². The summed E-state index contributed by atoms with van der Waals surface area (Å²) in [4.78, 5) is 16.5. The maximum absolute atomic E-state index is 12.0. The second-order valence-corrected chi connectivity index (χ2v) is 4.95. The van der Waals surface area contributed by atoms with Crippen molar-refractivity contribution < 1.29 is 23.1 Å². The van der Waals surface area contributed by atoms with Gasteiger partial charge in [-0.05, 0) is 42.0 Å². The van der Waals surface area contributed by atoms with Crippen LogP contribution < -0.4 is 10.1 Å². The van der Waals surface area contributed by atoms with Crippen LogP contribution in [0.1, 0.15) is 5.56 Å². The number of nitrogens with zero attached hydrogens (tertiary/aromatic N) is 1. The van der Waals surface area contributed by atoms with Crippen LogP contribution in [0.25, 0.3) is 0 Å². The molecule has 0 atom stereocenters. The fourth-order valence-electron chi connectivity index (χ4n) is 1.66. The molecule has 2 aromatic carbocycles. The van der Waals surface area contributed by atoms with Crippen molar-refractivity contribution in [2.75, 3.05) is 11.9 Å². The number of amides is 1. The summed E-state index contributed by atoms with van der Waals surface area (Å²) in [7, 11) is 0. The zero-order valence-electron chi connectivity index (χ0n) is 12.3. The third-order valence-corrected chi connectivity index (χ3v) is 2.96. The lowest BCUT2D eigenvalue weighted by Gasteiger charge is -2.07. The van der Waals surface area contributed by atoms with Crippen molar-refractivity contribution in [2.24, 2.45) is 5.16 Å². The monoisotopic (exact) mass is 354 g/mol. The van der Waals surface area contributed by atoms with Gasteiger partial charge in [-0.1, -0.05) is 28.9 Å². The van der Waals surface area contributed by atoms with Crippen LogP contribution in [0.15, 0.2) is 53.7 Å². The summed E-state index contributed by atoms with van der Waals surface area (Å²) in [5.74, 6) is -0.433. The van der Waals surface area contributed by atoms with Gasteiger partial charge in [0, 0.05) is 10.7 Å². The number of nitrogens with one attached hydrogen (secondary N) is 1. The Bertz CT molecular complexity index is 691. The first-order valence-electron chi connectivity index (χ1n) is 6.78. The first-order chi connectivity index (χ1) is 11.5. The second kappa shape index (κ2) is 8.83. The van der Waals surface area contributed by atoms with E-state index in [0.717, 1.165) is 5.56 Å². The molecule has 0 aromatic heterocycles. The lowest BCUT2D eigenvalue weighted by Crippen LogP contribution is -2.16. The number of hydrogen-bond donors (Lipinski definition) is 1. The number of carbonyl (C=O) groups excluding carboxylic acids is 1. The van der Waals surface area contributed by atoms with Crippen molar-refractivity contribution in [3.8, 4) is 5.75 Å². The van der Waals surface area contributed by atoms with E-state index < -0.39 is 12.5 Å². The highest BCUT2D eigenvalue weighted by atomic mass is 35.5. The molecule has 0 aliphatic heterocycles. The van der Waals surface area contributed by atoms with Gasteiger partial charge in [0.1, 0.15) is 5.75 Å². The molecule has 0 fully saturated rings. The van der Waals surface area contributed by atoms with Crippen molar-refractivity contribution in [1.29, 1.82) is 0 Å². The van der Waals surface area contributed by atoms with E-state index in [1.54, 1.807) is 24.3 Å². The van der Waals surface area contributed by atoms with Crippen molar-refractivity contribution in [3.05, 3.63) is 59.1 Å². The first kappa shape index (κ1) is 17.7. The van der Waals surface area contributed by atoms with E-state index in [1.165, 1.54) is 30.5 Å². The number of carbonyl (C=O) groups is 1. The summed E-state index contributed by atoms with van der Waals surface area (Å²) in [5, 5.41) is 6.81. The molecule has 0 bridgehead atoms. The molecule has 0 spiro atoms. The van der Waals surface area contributed by atoms with Gasteiger partial charge in [-0.25, -0.2) is 0 Å². The highest BCUT2D eigenvalue weighted by Crippen LogP contribution is 2.17. The van der Waals surface area contributed by atoms with Gasteiger partial charge in [-0.15, -0.1) is 0 Å². The van der Waals surface area contributed by atoms with Crippen LogP contribution in [0.5, 0.6) is 5.75 Å². The number of hydrogen-bond acceptors (Lipinski definition) is 4. The molecule has 5 nitrogen and oxygen atoms in total. The second-order valence-electron chi connectivity index (χ2n) is 4.51. The third kappa shape index (κ3) is 6.21. The third-order valence-electron chi connectivity index (χ3n) is 2.71. The van der Waals surface area contributed by atoms with Crippen molar-refractivity contribution >= 4 is 29.4 Å². The zero-order valence-corrected chi connectivity index (χ0v) is 13.0. The van der Waals surface area contributed by atoms with Crippen LogP contribution in [-0.4, -0.2) is 25.3 Å². The SMILES string of the molecule is O=C(CO/N=C/c1ccc(Cl)cc1)Nc1ccc(OC(F)F)cc1. The summed E-state index contributed by atoms with van der Waals surface area (Å²) in [5.41, 5.74) is 1.20. The quantitative estimate of drug-likeness (QED) is 0.605. The van der Waals surface area contributed by atoms with Gasteiger partial charge in [0.15, 0.2) is 6.61 Å². The van der Waals surface area contributed by atoms with E-state index in [1.807, 2.05) is 0 Å². The first-order valence-corrected chi connectivity index (χ1v) is 7.16. The van der Waals surface area contributed by atoms with Gasteiger partial charge >= 0.3 is 6.61 Å². The number of halogens is 3. The van der Waals surface area contributed by atoms with Crippen molar-refractivity contribution in [3.63, 3.8) is 0 Å². The lowest BCUT2D eigenvalue weighted by molar-refractivity contribution is -0.120. The predicted octanol–water partition coefficient (Wildman–Crippen LogP) is 3.93. The molecule has 2 rings (SSSR count). The van der Waals surface area contributed by atoms with Crippen LogP contribution in [0, 0.1) is 0 Å². The van der Waals surface area contributed by atoms with Gasteiger partial charge in [-0.3, -0.25) is 4.79 Å². The number of oxime groups is 1. The minimum absolute atomic E-state index is 0.00631. The molecule has 0 aliphatic carbocycles. The Hall–Kier alpha value is -2.67. The van der Waals surface area contributed by atoms with Crippen molar-refractivity contribution in [2.45, 2.75) is 6.61 Å². The number of benzene rings is 2. The summed E-state index contributed by atoms with van der Waals surface area (Å²) in [6.07, 6.45) is 1.44. The highest BCUT2D eigenvalue weighted by molar-refractivity contribution is 6.30. The highest BCUT2D eigenvalue weighted by Gasteiger charge is 2.05. The normalized spacial score (nSPS) is 10.8. The van der Waals surface area contributed by atoms with E-state index >= 15 is 0 Å². The Kier molecular flexibility index (Phi) is 6.51. The topological polar surface area (TPSA) is 59.9 Å². The van der Waals surface area contributed by atoms with E-state index in [-0.39, 0.29) is 12.4 Å². The van der Waals surface area contributed by atoms with E-state index in [4.69, 9.17) is 16.4 Å². The molecule has 0 radical (unpaired) electrons. The molecule has 1 N–H and O–H groups in total. The number of anilines is 1. The van der Waals surface area contributed by atoms with Gasteiger partial charge in [0.05, 0.1) is 6.21 Å².